The minimum atomic E-state index is -0.420. The van der Waals surface area contributed by atoms with Crippen LogP contribution in [0.4, 0.5) is 0 Å². The van der Waals surface area contributed by atoms with Gasteiger partial charge in [0.05, 0.1) is 25.5 Å². The van der Waals surface area contributed by atoms with Crippen LogP contribution >= 0.6 is 0 Å². The number of carbonyl (C=O) groups is 1. The molecule has 1 aromatic rings. The number of ether oxygens (including phenoxy) is 2. The molecule has 2 rings (SSSR count). The molecule has 0 aliphatic heterocycles. The van der Waals surface area contributed by atoms with Crippen molar-refractivity contribution in [1.29, 1.82) is 0 Å². The van der Waals surface area contributed by atoms with E-state index in [1.807, 2.05) is 4.68 Å². The highest BCUT2D eigenvalue weighted by Gasteiger charge is 2.30. The van der Waals surface area contributed by atoms with E-state index in [0.29, 0.717) is 30.7 Å². The lowest BCUT2D eigenvalue weighted by atomic mass is 9.83. The Bertz CT molecular complexity index is 473. The van der Waals surface area contributed by atoms with Gasteiger partial charge in [-0.2, -0.15) is 0 Å². The lowest BCUT2D eigenvalue weighted by molar-refractivity contribution is 0.0592. The third-order valence-corrected chi connectivity index (χ3v) is 4.42. The van der Waals surface area contributed by atoms with E-state index in [9.17, 15) is 4.79 Å². The molecule has 0 amide bonds. The van der Waals surface area contributed by atoms with Crippen LogP contribution in [0.25, 0.3) is 0 Å². The van der Waals surface area contributed by atoms with Crippen LogP contribution in [-0.2, 0) is 15.9 Å². The fourth-order valence-electron chi connectivity index (χ4n) is 3.25. The lowest BCUT2D eigenvalue weighted by Gasteiger charge is -2.31. The van der Waals surface area contributed by atoms with Crippen molar-refractivity contribution in [3.8, 4) is 0 Å². The predicted octanol–water partition coefficient (Wildman–Crippen LogP) is 2.39. The molecule has 1 aliphatic carbocycles. The van der Waals surface area contributed by atoms with Crippen LogP contribution in [0, 0.1) is 5.92 Å². The molecule has 1 aliphatic rings. The number of hydrogen-bond donors (Lipinski definition) is 0. The van der Waals surface area contributed by atoms with Crippen LogP contribution in [0.3, 0.4) is 0 Å². The molecule has 1 aromatic heterocycles. The van der Waals surface area contributed by atoms with Gasteiger partial charge < -0.3 is 9.47 Å². The minimum absolute atomic E-state index is 0.329. The first-order valence-electron chi connectivity index (χ1n) is 7.74. The fourth-order valence-corrected chi connectivity index (χ4v) is 3.25. The second-order valence-corrected chi connectivity index (χ2v) is 5.58. The van der Waals surface area contributed by atoms with Gasteiger partial charge in [0.25, 0.3) is 0 Å². The highest BCUT2D eigenvalue weighted by atomic mass is 16.5. The Morgan fingerprint density at radius 1 is 1.33 bits per heavy atom. The maximum absolute atomic E-state index is 11.9. The summed E-state index contributed by atoms with van der Waals surface area (Å²) in [7, 11) is 3.03. The van der Waals surface area contributed by atoms with Crippen molar-refractivity contribution in [2.75, 3.05) is 20.8 Å². The standard InChI is InChI=1S/C15H25N3O3/c1-4-11-7-5-6-8-12(11)18-13(9-10-20-2)14(16-17-18)15(19)21-3/h11-12H,4-10H2,1-3H3. The number of methoxy groups -OCH3 is 2. The third kappa shape index (κ3) is 3.43. The molecular formula is C15H25N3O3. The normalized spacial score (nSPS) is 22.2. The van der Waals surface area contributed by atoms with Crippen LogP contribution in [0.1, 0.15) is 61.3 Å². The fraction of sp³-hybridized carbons (Fsp3) is 0.800. The monoisotopic (exact) mass is 295 g/mol. The van der Waals surface area contributed by atoms with Crippen molar-refractivity contribution in [3.63, 3.8) is 0 Å². The molecule has 0 bridgehead atoms. The average Bonchev–Trinajstić information content (AvgIpc) is 2.95. The second-order valence-electron chi connectivity index (χ2n) is 5.58. The van der Waals surface area contributed by atoms with Crippen molar-refractivity contribution in [2.24, 2.45) is 5.92 Å². The number of hydrogen-bond acceptors (Lipinski definition) is 5. The summed E-state index contributed by atoms with van der Waals surface area (Å²) in [6.45, 7) is 2.76. The minimum Gasteiger partial charge on any atom is -0.464 e. The van der Waals surface area contributed by atoms with E-state index in [0.717, 1.165) is 18.5 Å². The summed E-state index contributed by atoms with van der Waals surface area (Å²) in [5.41, 5.74) is 1.17. The molecule has 6 heteroatoms. The molecule has 118 valence electrons. The molecule has 21 heavy (non-hydrogen) atoms. The largest absolute Gasteiger partial charge is 0.464 e. The Hall–Kier alpha value is -1.43. The number of aromatic nitrogens is 3. The molecule has 1 fully saturated rings. The van der Waals surface area contributed by atoms with Crippen molar-refractivity contribution >= 4 is 5.97 Å². The summed E-state index contributed by atoms with van der Waals surface area (Å²) in [5, 5.41) is 8.34. The van der Waals surface area contributed by atoms with Crippen LogP contribution in [0.15, 0.2) is 0 Å². The maximum atomic E-state index is 11.9. The third-order valence-electron chi connectivity index (χ3n) is 4.42. The van der Waals surface area contributed by atoms with Gasteiger partial charge in [-0.1, -0.05) is 31.4 Å². The predicted molar refractivity (Wildman–Crippen MR) is 78.2 cm³/mol. The van der Waals surface area contributed by atoms with Crippen LogP contribution in [0.2, 0.25) is 0 Å². The molecule has 0 radical (unpaired) electrons. The summed E-state index contributed by atoms with van der Waals surface area (Å²) in [6.07, 6.45) is 6.56. The summed E-state index contributed by atoms with van der Waals surface area (Å²) >= 11 is 0. The molecule has 0 spiro atoms. The van der Waals surface area contributed by atoms with Gasteiger partial charge in [-0.15, -0.1) is 5.10 Å². The van der Waals surface area contributed by atoms with E-state index in [1.54, 1.807) is 7.11 Å². The number of nitrogens with zero attached hydrogens (tertiary/aromatic N) is 3. The Balaban J connectivity index is 2.32. The lowest BCUT2D eigenvalue weighted by Crippen LogP contribution is -2.26. The number of rotatable bonds is 6. The Labute approximate surface area is 125 Å². The summed E-state index contributed by atoms with van der Waals surface area (Å²) < 4.78 is 11.9. The Morgan fingerprint density at radius 3 is 2.76 bits per heavy atom. The van der Waals surface area contributed by atoms with E-state index >= 15 is 0 Å². The molecule has 0 aromatic carbocycles. The van der Waals surface area contributed by atoms with Gasteiger partial charge in [0.2, 0.25) is 0 Å². The molecule has 2 atom stereocenters. The topological polar surface area (TPSA) is 66.2 Å². The summed E-state index contributed by atoms with van der Waals surface area (Å²) in [5.74, 6) is 0.184. The van der Waals surface area contributed by atoms with Gasteiger partial charge in [-0.25, -0.2) is 9.48 Å². The summed E-state index contributed by atoms with van der Waals surface area (Å²) in [4.78, 5) is 11.9. The zero-order chi connectivity index (χ0) is 15.2. The Kier molecular flexibility index (Phi) is 5.73. The van der Waals surface area contributed by atoms with Gasteiger partial charge >= 0.3 is 5.97 Å². The van der Waals surface area contributed by atoms with Crippen molar-refractivity contribution in [2.45, 2.75) is 51.5 Å². The first kappa shape index (κ1) is 15.9. The molecule has 2 unspecified atom stereocenters. The quantitative estimate of drug-likeness (QED) is 0.754. The van der Waals surface area contributed by atoms with Crippen molar-refractivity contribution in [1.82, 2.24) is 15.0 Å². The van der Waals surface area contributed by atoms with Crippen molar-refractivity contribution < 1.29 is 14.3 Å². The SMILES string of the molecule is CCC1CCCCC1n1nnc(C(=O)OC)c1CCOC. The molecular weight excluding hydrogens is 270 g/mol. The zero-order valence-electron chi connectivity index (χ0n) is 13.2. The molecule has 0 saturated heterocycles. The second kappa shape index (κ2) is 7.54. The Morgan fingerprint density at radius 2 is 2.10 bits per heavy atom. The zero-order valence-corrected chi connectivity index (χ0v) is 13.2. The van der Waals surface area contributed by atoms with E-state index in [4.69, 9.17) is 9.47 Å². The van der Waals surface area contributed by atoms with Crippen LogP contribution in [-0.4, -0.2) is 41.8 Å². The first-order chi connectivity index (χ1) is 10.2. The van der Waals surface area contributed by atoms with Crippen molar-refractivity contribution in [3.05, 3.63) is 11.4 Å². The van der Waals surface area contributed by atoms with E-state index in [2.05, 4.69) is 17.2 Å². The highest BCUT2D eigenvalue weighted by molar-refractivity contribution is 5.88. The highest BCUT2D eigenvalue weighted by Crippen LogP contribution is 2.36. The summed E-state index contributed by atoms with van der Waals surface area (Å²) in [6, 6.07) is 0.335. The van der Waals surface area contributed by atoms with Crippen LogP contribution < -0.4 is 0 Å². The molecule has 1 saturated carbocycles. The number of carbonyl (C=O) groups excluding carboxylic acids is 1. The molecule has 0 N–H and O–H groups in total. The van der Waals surface area contributed by atoms with Gasteiger partial charge in [0, 0.05) is 13.5 Å². The molecule has 1 heterocycles. The number of esters is 1. The van der Waals surface area contributed by atoms with Crippen LogP contribution in [0.5, 0.6) is 0 Å². The van der Waals surface area contributed by atoms with Gasteiger partial charge in [0.1, 0.15) is 0 Å². The average molecular weight is 295 g/mol. The van der Waals surface area contributed by atoms with E-state index in [1.165, 1.54) is 26.4 Å². The van der Waals surface area contributed by atoms with Gasteiger partial charge in [0.15, 0.2) is 5.69 Å². The molecule has 6 nitrogen and oxygen atoms in total. The van der Waals surface area contributed by atoms with Gasteiger partial charge in [-0.3, -0.25) is 0 Å². The van der Waals surface area contributed by atoms with Gasteiger partial charge in [-0.05, 0) is 18.8 Å². The smallest absolute Gasteiger partial charge is 0.360 e. The van der Waals surface area contributed by atoms with E-state index in [-0.39, 0.29) is 0 Å². The maximum Gasteiger partial charge on any atom is 0.360 e. The first-order valence-corrected chi connectivity index (χ1v) is 7.74. The van der Waals surface area contributed by atoms with E-state index < -0.39 is 5.97 Å².